The van der Waals surface area contributed by atoms with Gasteiger partial charge in [-0.15, -0.1) is 0 Å². The van der Waals surface area contributed by atoms with Crippen LogP contribution in [0.15, 0.2) is 12.4 Å². The van der Waals surface area contributed by atoms with Gasteiger partial charge in [0.15, 0.2) is 0 Å². The summed E-state index contributed by atoms with van der Waals surface area (Å²) in [5.74, 6) is 2.89. The smallest absolute Gasteiger partial charge is 0.129 e. The third kappa shape index (κ3) is 7.24. The molecule has 2 aliphatic carbocycles. The van der Waals surface area contributed by atoms with Crippen LogP contribution in [0.25, 0.3) is 0 Å². The minimum Gasteiger partial charge on any atom is -0.367 e. The van der Waals surface area contributed by atoms with Gasteiger partial charge in [0.25, 0.3) is 0 Å². The normalized spacial score (nSPS) is 28.9. The molecule has 2 saturated carbocycles. The first-order chi connectivity index (χ1) is 13.6. The first-order valence-corrected chi connectivity index (χ1v) is 12.0. The van der Waals surface area contributed by atoms with Gasteiger partial charge < -0.3 is 10.6 Å². The number of anilines is 1. The Kier molecular flexibility index (Phi) is 7.24. The highest BCUT2D eigenvalue weighted by atomic mass is 15.0. The van der Waals surface area contributed by atoms with Crippen LogP contribution in [0.1, 0.15) is 105 Å². The van der Waals surface area contributed by atoms with Crippen molar-refractivity contribution in [1.82, 2.24) is 15.3 Å². The molecule has 29 heavy (non-hydrogen) atoms. The standard InChI is InChI=1S/C25H44N4/c1-24(2,3)22-16-23(27-17-26-22)28-20-11-7-18(8-12-20)15-19-9-13-21(14-10-19)29-25(4,5)6/h16-21,29H,7-15H2,1-6H3,(H,26,27,28). The summed E-state index contributed by atoms with van der Waals surface area (Å²) >= 11 is 0. The molecule has 4 heteroatoms. The fourth-order valence-corrected chi connectivity index (χ4v) is 5.22. The van der Waals surface area contributed by atoms with Gasteiger partial charge in [0.2, 0.25) is 0 Å². The molecule has 4 nitrogen and oxygen atoms in total. The van der Waals surface area contributed by atoms with Crippen LogP contribution >= 0.6 is 0 Å². The maximum Gasteiger partial charge on any atom is 0.129 e. The van der Waals surface area contributed by atoms with E-state index in [2.05, 4.69) is 68.2 Å². The van der Waals surface area contributed by atoms with E-state index in [-0.39, 0.29) is 11.0 Å². The Morgan fingerprint density at radius 3 is 1.86 bits per heavy atom. The zero-order valence-electron chi connectivity index (χ0n) is 19.7. The lowest BCUT2D eigenvalue weighted by molar-refractivity contribution is 0.203. The average Bonchev–Trinajstić information content (AvgIpc) is 2.63. The van der Waals surface area contributed by atoms with E-state index in [1.165, 1.54) is 57.8 Å². The largest absolute Gasteiger partial charge is 0.367 e. The maximum absolute atomic E-state index is 4.46. The number of aromatic nitrogens is 2. The minimum atomic E-state index is 0.0679. The number of rotatable bonds is 5. The van der Waals surface area contributed by atoms with Gasteiger partial charge in [-0.2, -0.15) is 0 Å². The Hall–Kier alpha value is -1.16. The Labute approximate surface area is 179 Å². The van der Waals surface area contributed by atoms with Gasteiger partial charge in [-0.25, -0.2) is 9.97 Å². The van der Waals surface area contributed by atoms with Gasteiger partial charge in [-0.1, -0.05) is 20.8 Å². The zero-order chi connectivity index (χ0) is 21.1. The van der Waals surface area contributed by atoms with E-state index in [4.69, 9.17) is 0 Å². The highest BCUT2D eigenvalue weighted by molar-refractivity contribution is 5.37. The van der Waals surface area contributed by atoms with Gasteiger partial charge >= 0.3 is 0 Å². The average molecular weight is 401 g/mol. The van der Waals surface area contributed by atoms with E-state index >= 15 is 0 Å². The second-order valence-corrected chi connectivity index (χ2v) is 11.7. The summed E-state index contributed by atoms with van der Waals surface area (Å²) < 4.78 is 0. The maximum atomic E-state index is 4.46. The monoisotopic (exact) mass is 400 g/mol. The molecule has 0 aromatic carbocycles. The third-order valence-corrected chi connectivity index (χ3v) is 6.78. The predicted molar refractivity (Wildman–Crippen MR) is 123 cm³/mol. The summed E-state index contributed by atoms with van der Waals surface area (Å²) in [6.07, 6.45) is 14.0. The molecule has 3 rings (SSSR count). The Bertz CT molecular complexity index is 627. The lowest BCUT2D eigenvalue weighted by atomic mass is 9.75. The molecule has 0 bridgehead atoms. The fourth-order valence-electron chi connectivity index (χ4n) is 5.22. The quantitative estimate of drug-likeness (QED) is 0.628. The zero-order valence-corrected chi connectivity index (χ0v) is 19.7. The molecule has 0 spiro atoms. The van der Waals surface area contributed by atoms with Gasteiger partial charge in [0.1, 0.15) is 12.1 Å². The van der Waals surface area contributed by atoms with E-state index in [0.717, 1.165) is 29.4 Å². The molecular weight excluding hydrogens is 356 g/mol. The first-order valence-electron chi connectivity index (χ1n) is 12.0. The third-order valence-electron chi connectivity index (χ3n) is 6.78. The van der Waals surface area contributed by atoms with Crippen LogP contribution in [0.2, 0.25) is 0 Å². The second-order valence-electron chi connectivity index (χ2n) is 11.7. The highest BCUT2D eigenvalue weighted by Crippen LogP contribution is 2.36. The van der Waals surface area contributed by atoms with Crippen molar-refractivity contribution in [3.05, 3.63) is 18.1 Å². The van der Waals surface area contributed by atoms with Crippen molar-refractivity contribution in [2.75, 3.05) is 5.32 Å². The molecule has 1 aromatic rings. The molecule has 2 fully saturated rings. The van der Waals surface area contributed by atoms with Crippen molar-refractivity contribution in [3.8, 4) is 0 Å². The lowest BCUT2D eigenvalue weighted by Crippen LogP contribution is -2.45. The van der Waals surface area contributed by atoms with Crippen LogP contribution in [-0.2, 0) is 5.41 Å². The van der Waals surface area contributed by atoms with E-state index in [0.29, 0.717) is 6.04 Å². The van der Waals surface area contributed by atoms with Gasteiger partial charge in [0.05, 0.1) is 5.69 Å². The Morgan fingerprint density at radius 2 is 1.34 bits per heavy atom. The van der Waals surface area contributed by atoms with Crippen LogP contribution < -0.4 is 10.6 Å². The summed E-state index contributed by atoms with van der Waals surface area (Å²) in [5, 5.41) is 7.49. The predicted octanol–water partition coefficient (Wildman–Crippen LogP) is 6.08. The summed E-state index contributed by atoms with van der Waals surface area (Å²) in [5.41, 5.74) is 1.43. The van der Waals surface area contributed by atoms with E-state index < -0.39 is 0 Å². The van der Waals surface area contributed by atoms with E-state index in [1.807, 2.05) is 0 Å². The van der Waals surface area contributed by atoms with Crippen molar-refractivity contribution >= 4 is 5.82 Å². The molecule has 0 radical (unpaired) electrons. The summed E-state index contributed by atoms with van der Waals surface area (Å²) in [4.78, 5) is 8.91. The summed E-state index contributed by atoms with van der Waals surface area (Å²) in [6.45, 7) is 13.5. The molecule has 2 N–H and O–H groups in total. The first kappa shape index (κ1) is 22.5. The SMILES string of the molecule is CC(C)(C)NC1CCC(CC2CCC(Nc3cc(C(C)(C)C)ncn3)CC2)CC1. The highest BCUT2D eigenvalue weighted by Gasteiger charge is 2.28. The minimum absolute atomic E-state index is 0.0679. The molecular formula is C25H44N4. The fraction of sp³-hybridized carbons (Fsp3) is 0.840. The van der Waals surface area contributed by atoms with Crippen LogP contribution in [0.3, 0.4) is 0 Å². The number of nitrogens with one attached hydrogen (secondary N) is 2. The van der Waals surface area contributed by atoms with Crippen molar-refractivity contribution < 1.29 is 0 Å². The van der Waals surface area contributed by atoms with Crippen molar-refractivity contribution in [2.45, 2.75) is 122 Å². The summed E-state index contributed by atoms with van der Waals surface area (Å²) in [6, 6.07) is 3.44. The molecule has 0 amide bonds. The molecule has 164 valence electrons. The Balaban J connectivity index is 1.39. The molecule has 0 saturated heterocycles. The number of nitrogens with zero attached hydrogens (tertiary/aromatic N) is 2. The number of hydrogen-bond acceptors (Lipinski definition) is 4. The molecule has 1 heterocycles. The molecule has 1 aromatic heterocycles. The summed E-state index contributed by atoms with van der Waals surface area (Å²) in [7, 11) is 0. The van der Waals surface area contributed by atoms with Crippen molar-refractivity contribution in [1.29, 1.82) is 0 Å². The van der Waals surface area contributed by atoms with Gasteiger partial charge in [-0.3, -0.25) is 0 Å². The van der Waals surface area contributed by atoms with Crippen LogP contribution in [-0.4, -0.2) is 27.6 Å². The van der Waals surface area contributed by atoms with Crippen LogP contribution in [0, 0.1) is 11.8 Å². The van der Waals surface area contributed by atoms with Crippen molar-refractivity contribution in [2.24, 2.45) is 11.8 Å². The number of hydrogen-bond donors (Lipinski definition) is 2. The molecule has 0 aliphatic heterocycles. The molecule has 0 atom stereocenters. The van der Waals surface area contributed by atoms with Crippen LogP contribution in [0.4, 0.5) is 5.82 Å². The topological polar surface area (TPSA) is 49.8 Å². The van der Waals surface area contributed by atoms with Crippen LogP contribution in [0.5, 0.6) is 0 Å². The van der Waals surface area contributed by atoms with E-state index in [9.17, 15) is 0 Å². The second kappa shape index (κ2) is 9.32. The van der Waals surface area contributed by atoms with E-state index in [1.54, 1.807) is 6.33 Å². The van der Waals surface area contributed by atoms with Gasteiger partial charge in [0, 0.05) is 29.1 Å². The molecule has 0 unspecified atom stereocenters. The Morgan fingerprint density at radius 1 is 0.793 bits per heavy atom. The van der Waals surface area contributed by atoms with Crippen molar-refractivity contribution in [3.63, 3.8) is 0 Å². The molecule has 2 aliphatic rings. The van der Waals surface area contributed by atoms with Gasteiger partial charge in [-0.05, 0) is 90.4 Å². The lowest BCUT2D eigenvalue weighted by Gasteiger charge is -2.37.